The van der Waals surface area contributed by atoms with Gasteiger partial charge in [0.05, 0.1) is 29.6 Å². The highest BCUT2D eigenvalue weighted by atomic mass is 79.9. The molecule has 1 fully saturated rings. The van der Waals surface area contributed by atoms with E-state index in [0.717, 1.165) is 5.56 Å². The van der Waals surface area contributed by atoms with E-state index in [0.29, 0.717) is 34.0 Å². The number of methoxy groups -OCH3 is 2. The first-order valence-electron chi connectivity index (χ1n) is 6.05. The van der Waals surface area contributed by atoms with E-state index in [-0.39, 0.29) is 6.04 Å². The Labute approximate surface area is 130 Å². The Morgan fingerprint density at radius 3 is 2.60 bits per heavy atom. The standard InChI is InChI=1S/C13H15BrClNO4/c1-19-11-7(14)4-8(15)10(12(11)20-2)9-3-6(5-16-9)13(17)18/h4,6,9,16H,3,5H2,1-2H3,(H,17,18). The first-order valence-corrected chi connectivity index (χ1v) is 7.22. The van der Waals surface area contributed by atoms with Crippen molar-refractivity contribution in [3.05, 3.63) is 21.1 Å². The van der Waals surface area contributed by atoms with E-state index < -0.39 is 11.9 Å². The number of ether oxygens (including phenoxy) is 2. The van der Waals surface area contributed by atoms with Crippen LogP contribution in [0.25, 0.3) is 0 Å². The lowest BCUT2D eigenvalue weighted by molar-refractivity contribution is -0.141. The number of nitrogens with one attached hydrogen (secondary N) is 1. The fraction of sp³-hybridized carbons (Fsp3) is 0.462. The molecule has 2 rings (SSSR count). The van der Waals surface area contributed by atoms with Crippen LogP contribution in [-0.4, -0.2) is 31.8 Å². The fourth-order valence-corrected chi connectivity index (χ4v) is 3.48. The Balaban J connectivity index is 2.44. The van der Waals surface area contributed by atoms with Gasteiger partial charge in [0.2, 0.25) is 0 Å². The Morgan fingerprint density at radius 1 is 1.45 bits per heavy atom. The highest BCUT2D eigenvalue weighted by molar-refractivity contribution is 9.10. The number of carboxylic acids is 1. The van der Waals surface area contributed by atoms with Crippen molar-refractivity contribution in [1.29, 1.82) is 0 Å². The first-order chi connectivity index (χ1) is 9.49. The zero-order valence-corrected chi connectivity index (χ0v) is 13.4. The Bertz CT molecular complexity index is 538. The molecule has 2 atom stereocenters. The summed E-state index contributed by atoms with van der Waals surface area (Å²) in [6, 6.07) is 1.56. The van der Waals surface area contributed by atoms with Gasteiger partial charge >= 0.3 is 5.97 Å². The van der Waals surface area contributed by atoms with Crippen LogP contribution in [0, 0.1) is 5.92 Å². The van der Waals surface area contributed by atoms with Gasteiger partial charge in [0.1, 0.15) is 0 Å². The van der Waals surface area contributed by atoms with Crippen molar-refractivity contribution in [2.45, 2.75) is 12.5 Å². The number of hydrogen-bond acceptors (Lipinski definition) is 4. The second-order valence-electron chi connectivity index (χ2n) is 4.55. The van der Waals surface area contributed by atoms with Gasteiger partial charge in [-0.2, -0.15) is 0 Å². The summed E-state index contributed by atoms with van der Waals surface area (Å²) in [5, 5.41) is 12.8. The largest absolute Gasteiger partial charge is 0.492 e. The molecule has 0 bridgehead atoms. The maximum atomic E-state index is 11.1. The minimum absolute atomic E-state index is 0.166. The smallest absolute Gasteiger partial charge is 0.307 e. The van der Waals surface area contributed by atoms with E-state index in [1.165, 1.54) is 7.11 Å². The van der Waals surface area contributed by atoms with Crippen LogP contribution in [0.1, 0.15) is 18.0 Å². The van der Waals surface area contributed by atoms with Crippen LogP contribution in [0.5, 0.6) is 11.5 Å². The zero-order valence-electron chi connectivity index (χ0n) is 11.1. The minimum atomic E-state index is -0.806. The molecule has 0 aromatic heterocycles. The lowest BCUT2D eigenvalue weighted by Crippen LogP contribution is -2.17. The van der Waals surface area contributed by atoms with Crippen molar-refractivity contribution in [2.75, 3.05) is 20.8 Å². The second-order valence-corrected chi connectivity index (χ2v) is 5.81. The Hall–Kier alpha value is -0.980. The van der Waals surface area contributed by atoms with Crippen molar-refractivity contribution >= 4 is 33.5 Å². The summed E-state index contributed by atoms with van der Waals surface area (Å²) in [6.07, 6.45) is 0.468. The number of halogens is 2. The maximum absolute atomic E-state index is 11.1. The number of carbonyl (C=O) groups is 1. The maximum Gasteiger partial charge on any atom is 0.307 e. The van der Waals surface area contributed by atoms with E-state index in [4.69, 9.17) is 26.2 Å². The summed E-state index contributed by atoms with van der Waals surface area (Å²) in [5.74, 6) is -0.155. The van der Waals surface area contributed by atoms with Crippen molar-refractivity contribution in [1.82, 2.24) is 5.32 Å². The summed E-state index contributed by atoms with van der Waals surface area (Å²) >= 11 is 9.67. The summed E-state index contributed by atoms with van der Waals surface area (Å²) in [6.45, 7) is 0.415. The average Bonchev–Trinajstić information content (AvgIpc) is 2.87. The summed E-state index contributed by atoms with van der Waals surface area (Å²) < 4.78 is 11.4. The van der Waals surface area contributed by atoms with Crippen LogP contribution >= 0.6 is 27.5 Å². The normalized spacial score (nSPS) is 21.8. The van der Waals surface area contributed by atoms with Gasteiger partial charge < -0.3 is 19.9 Å². The molecule has 0 spiro atoms. The highest BCUT2D eigenvalue weighted by Gasteiger charge is 2.34. The predicted molar refractivity (Wildman–Crippen MR) is 78.7 cm³/mol. The van der Waals surface area contributed by atoms with Crippen molar-refractivity contribution in [2.24, 2.45) is 5.92 Å². The molecule has 110 valence electrons. The molecule has 1 aliphatic rings. The van der Waals surface area contributed by atoms with Gasteiger partial charge in [-0.1, -0.05) is 11.6 Å². The molecule has 0 aliphatic carbocycles. The van der Waals surface area contributed by atoms with E-state index in [1.807, 2.05) is 0 Å². The zero-order chi connectivity index (χ0) is 14.9. The van der Waals surface area contributed by atoms with Gasteiger partial charge in [-0.15, -0.1) is 0 Å². The quantitative estimate of drug-likeness (QED) is 0.860. The van der Waals surface area contributed by atoms with Gasteiger partial charge in [-0.25, -0.2) is 0 Å². The summed E-state index contributed by atoms with van der Waals surface area (Å²) in [5.41, 5.74) is 0.734. The third-order valence-corrected chi connectivity index (χ3v) is 4.32. The SMILES string of the molecule is COc1c(Br)cc(Cl)c(C2CC(C(=O)O)CN2)c1OC. The molecule has 0 saturated carbocycles. The van der Waals surface area contributed by atoms with Crippen LogP contribution in [0.15, 0.2) is 10.5 Å². The molecule has 1 aromatic carbocycles. The molecule has 1 aromatic rings. The number of rotatable bonds is 4. The molecular formula is C13H15BrClNO4. The Kier molecular flexibility index (Phi) is 4.78. The number of hydrogen-bond donors (Lipinski definition) is 2. The lowest BCUT2D eigenvalue weighted by Gasteiger charge is -2.20. The monoisotopic (exact) mass is 363 g/mol. The van der Waals surface area contributed by atoms with Crippen LogP contribution in [0.3, 0.4) is 0 Å². The van der Waals surface area contributed by atoms with Crippen molar-refractivity contribution in [3.63, 3.8) is 0 Å². The van der Waals surface area contributed by atoms with Crippen molar-refractivity contribution < 1.29 is 19.4 Å². The fourth-order valence-electron chi connectivity index (χ4n) is 2.46. The van der Waals surface area contributed by atoms with E-state index >= 15 is 0 Å². The summed E-state index contributed by atoms with van der Waals surface area (Å²) in [4.78, 5) is 11.1. The van der Waals surface area contributed by atoms with Crippen LogP contribution in [-0.2, 0) is 4.79 Å². The molecule has 1 aliphatic heterocycles. The van der Waals surface area contributed by atoms with Crippen LogP contribution < -0.4 is 14.8 Å². The molecule has 2 unspecified atom stereocenters. The van der Waals surface area contributed by atoms with Gasteiger partial charge in [0.15, 0.2) is 11.5 Å². The van der Waals surface area contributed by atoms with Gasteiger partial charge in [-0.3, -0.25) is 4.79 Å². The molecule has 1 saturated heterocycles. The molecule has 0 radical (unpaired) electrons. The minimum Gasteiger partial charge on any atom is -0.492 e. The molecule has 20 heavy (non-hydrogen) atoms. The lowest BCUT2D eigenvalue weighted by atomic mass is 9.99. The van der Waals surface area contributed by atoms with Crippen molar-refractivity contribution in [3.8, 4) is 11.5 Å². The molecule has 2 N–H and O–H groups in total. The van der Waals surface area contributed by atoms with Gasteiger partial charge in [0.25, 0.3) is 0 Å². The molecule has 5 nitrogen and oxygen atoms in total. The molecule has 1 heterocycles. The molecular weight excluding hydrogens is 350 g/mol. The Morgan fingerprint density at radius 2 is 2.10 bits per heavy atom. The van der Waals surface area contributed by atoms with E-state index in [2.05, 4.69) is 21.2 Å². The van der Waals surface area contributed by atoms with Gasteiger partial charge in [-0.05, 0) is 28.4 Å². The van der Waals surface area contributed by atoms with Crippen LogP contribution in [0.2, 0.25) is 5.02 Å². The first kappa shape index (κ1) is 15.4. The topological polar surface area (TPSA) is 67.8 Å². The van der Waals surface area contributed by atoms with E-state index in [1.54, 1.807) is 13.2 Å². The molecule has 7 heteroatoms. The second kappa shape index (κ2) is 6.20. The van der Waals surface area contributed by atoms with E-state index in [9.17, 15) is 4.79 Å². The highest BCUT2D eigenvalue weighted by Crippen LogP contribution is 2.46. The van der Waals surface area contributed by atoms with Crippen LogP contribution in [0.4, 0.5) is 0 Å². The number of carboxylic acid groups (broad SMARTS) is 1. The number of aliphatic carboxylic acids is 1. The third kappa shape index (κ3) is 2.73. The summed E-state index contributed by atoms with van der Waals surface area (Å²) in [7, 11) is 3.08. The average molecular weight is 365 g/mol. The van der Waals surface area contributed by atoms with Gasteiger partial charge in [0, 0.05) is 18.2 Å². The number of benzene rings is 1. The molecule has 0 amide bonds. The third-order valence-electron chi connectivity index (χ3n) is 3.42. The predicted octanol–water partition coefficient (Wildman–Crippen LogP) is 2.85.